The largest absolute Gasteiger partial charge is 0.467 e. The lowest BCUT2D eigenvalue weighted by Crippen LogP contribution is -2.32. The van der Waals surface area contributed by atoms with Gasteiger partial charge in [0, 0.05) is 12.8 Å². The number of furan rings is 1. The van der Waals surface area contributed by atoms with Crippen LogP contribution in [0.4, 0.5) is 0 Å². The number of nitrogens with one attached hydrogen (secondary N) is 1. The first-order chi connectivity index (χ1) is 10.6. The molecule has 0 radical (unpaired) electrons. The summed E-state index contributed by atoms with van der Waals surface area (Å²) in [6.45, 7) is 6.93. The van der Waals surface area contributed by atoms with E-state index in [-0.39, 0.29) is 17.6 Å². The van der Waals surface area contributed by atoms with Gasteiger partial charge in [0.25, 0.3) is 5.91 Å². The third kappa shape index (κ3) is 4.66. The highest BCUT2D eigenvalue weighted by atomic mass is 16.5. The molecular weight excluding hydrogens is 282 g/mol. The highest BCUT2D eigenvalue weighted by molar-refractivity contribution is 5.92. The van der Waals surface area contributed by atoms with E-state index in [4.69, 9.17) is 9.15 Å². The zero-order chi connectivity index (χ0) is 15.9. The molecule has 0 aromatic carbocycles. The van der Waals surface area contributed by atoms with Gasteiger partial charge in [0.15, 0.2) is 0 Å². The number of carbonyl (C=O) groups excluding carboxylic acids is 1. The monoisotopic (exact) mass is 303 g/mol. The SMILES string of the molecule is Cc1cnc(C(=O)N[C@H](COCC(C)C)c2ccco2)cn1. The van der Waals surface area contributed by atoms with Crippen molar-refractivity contribution in [3.8, 4) is 0 Å². The zero-order valence-electron chi connectivity index (χ0n) is 13.1. The molecule has 2 heterocycles. The molecular formula is C16H21N3O3. The summed E-state index contributed by atoms with van der Waals surface area (Å²) in [5, 5.41) is 2.87. The molecule has 0 aliphatic carbocycles. The van der Waals surface area contributed by atoms with Crippen LogP contribution in [0, 0.1) is 12.8 Å². The summed E-state index contributed by atoms with van der Waals surface area (Å²) in [6.07, 6.45) is 4.59. The standard InChI is InChI=1S/C16H21N3O3/c1-11(2)9-21-10-14(15-5-4-6-22-15)19-16(20)13-8-17-12(3)7-18-13/h4-8,11,14H,9-10H2,1-3H3,(H,19,20)/t14-/m1/s1. The van der Waals surface area contributed by atoms with E-state index in [0.29, 0.717) is 24.9 Å². The Labute approximate surface area is 129 Å². The van der Waals surface area contributed by atoms with Crippen LogP contribution in [0.5, 0.6) is 0 Å². The van der Waals surface area contributed by atoms with Crippen molar-refractivity contribution >= 4 is 5.91 Å². The Balaban J connectivity index is 2.02. The summed E-state index contributed by atoms with van der Waals surface area (Å²) >= 11 is 0. The van der Waals surface area contributed by atoms with Gasteiger partial charge < -0.3 is 14.5 Å². The summed E-state index contributed by atoms with van der Waals surface area (Å²) < 4.78 is 11.0. The Morgan fingerprint density at radius 2 is 2.14 bits per heavy atom. The van der Waals surface area contributed by atoms with E-state index in [0.717, 1.165) is 5.69 Å². The van der Waals surface area contributed by atoms with Crippen molar-refractivity contribution in [2.24, 2.45) is 5.92 Å². The van der Waals surface area contributed by atoms with E-state index in [9.17, 15) is 4.79 Å². The van der Waals surface area contributed by atoms with Crippen LogP contribution in [0.3, 0.4) is 0 Å². The van der Waals surface area contributed by atoms with Crippen molar-refractivity contribution in [3.63, 3.8) is 0 Å². The second-order valence-electron chi connectivity index (χ2n) is 5.52. The van der Waals surface area contributed by atoms with Gasteiger partial charge in [0.05, 0.1) is 24.8 Å². The maximum absolute atomic E-state index is 12.2. The first-order valence-electron chi connectivity index (χ1n) is 7.27. The maximum atomic E-state index is 12.2. The van der Waals surface area contributed by atoms with Crippen molar-refractivity contribution in [2.75, 3.05) is 13.2 Å². The average molecular weight is 303 g/mol. The number of carbonyl (C=O) groups is 1. The number of nitrogens with zero attached hydrogens (tertiary/aromatic N) is 2. The molecule has 0 spiro atoms. The van der Waals surface area contributed by atoms with Crippen LogP contribution in [-0.4, -0.2) is 29.1 Å². The van der Waals surface area contributed by atoms with Gasteiger partial charge in [-0.2, -0.15) is 0 Å². The summed E-state index contributed by atoms with van der Waals surface area (Å²) in [5.74, 6) is 0.773. The molecule has 6 heteroatoms. The first-order valence-corrected chi connectivity index (χ1v) is 7.27. The van der Waals surface area contributed by atoms with Crippen LogP contribution >= 0.6 is 0 Å². The van der Waals surface area contributed by atoms with Crippen LogP contribution in [0.2, 0.25) is 0 Å². The van der Waals surface area contributed by atoms with Gasteiger partial charge in [-0.25, -0.2) is 4.98 Å². The second-order valence-corrected chi connectivity index (χ2v) is 5.52. The van der Waals surface area contributed by atoms with Gasteiger partial charge >= 0.3 is 0 Å². The molecule has 0 aliphatic heterocycles. The smallest absolute Gasteiger partial charge is 0.272 e. The van der Waals surface area contributed by atoms with Gasteiger partial charge in [-0.1, -0.05) is 13.8 Å². The fourth-order valence-corrected chi connectivity index (χ4v) is 1.85. The van der Waals surface area contributed by atoms with Gasteiger partial charge in [-0.3, -0.25) is 9.78 Å². The molecule has 0 bridgehead atoms. The molecule has 1 amide bonds. The minimum Gasteiger partial charge on any atom is -0.467 e. The van der Waals surface area contributed by atoms with Crippen LogP contribution < -0.4 is 5.32 Å². The molecule has 0 saturated carbocycles. The molecule has 2 rings (SSSR count). The van der Waals surface area contributed by atoms with Crippen LogP contribution in [-0.2, 0) is 4.74 Å². The van der Waals surface area contributed by atoms with Crippen molar-refractivity contribution in [2.45, 2.75) is 26.8 Å². The van der Waals surface area contributed by atoms with Gasteiger partial charge in [-0.05, 0) is 25.0 Å². The molecule has 0 saturated heterocycles. The van der Waals surface area contributed by atoms with Gasteiger partial charge in [-0.15, -0.1) is 0 Å². The predicted octanol–water partition coefficient (Wildman–Crippen LogP) is 2.52. The Bertz CT molecular complexity index is 579. The highest BCUT2D eigenvalue weighted by Gasteiger charge is 2.19. The predicted molar refractivity (Wildman–Crippen MR) is 81.3 cm³/mol. The van der Waals surface area contributed by atoms with Crippen molar-refractivity contribution < 1.29 is 13.9 Å². The van der Waals surface area contributed by atoms with E-state index in [1.54, 1.807) is 18.5 Å². The number of hydrogen-bond donors (Lipinski definition) is 1. The molecule has 0 unspecified atom stereocenters. The van der Waals surface area contributed by atoms with Crippen LogP contribution in [0.1, 0.15) is 41.8 Å². The van der Waals surface area contributed by atoms with E-state index in [1.807, 2.05) is 13.0 Å². The van der Waals surface area contributed by atoms with Crippen LogP contribution in [0.15, 0.2) is 35.2 Å². The maximum Gasteiger partial charge on any atom is 0.272 e. The Kier molecular flexibility index (Phi) is 5.66. The summed E-state index contributed by atoms with van der Waals surface area (Å²) in [5.41, 5.74) is 1.03. The average Bonchev–Trinajstić information content (AvgIpc) is 3.00. The Morgan fingerprint density at radius 3 is 2.73 bits per heavy atom. The fraction of sp³-hybridized carbons (Fsp3) is 0.438. The number of aryl methyl sites for hydroxylation is 1. The molecule has 2 aromatic rings. The molecule has 1 N–H and O–H groups in total. The Hall–Kier alpha value is -2.21. The molecule has 0 fully saturated rings. The normalized spacial score (nSPS) is 12.4. The zero-order valence-corrected chi connectivity index (χ0v) is 13.1. The number of hydrogen-bond acceptors (Lipinski definition) is 5. The number of rotatable bonds is 7. The molecule has 118 valence electrons. The highest BCUT2D eigenvalue weighted by Crippen LogP contribution is 2.15. The van der Waals surface area contributed by atoms with E-state index >= 15 is 0 Å². The lowest BCUT2D eigenvalue weighted by molar-refractivity contribution is 0.0727. The number of amides is 1. The van der Waals surface area contributed by atoms with Crippen molar-refractivity contribution in [3.05, 3.63) is 47.9 Å². The topological polar surface area (TPSA) is 77.2 Å². The molecule has 22 heavy (non-hydrogen) atoms. The number of ether oxygens (including phenoxy) is 1. The summed E-state index contributed by atoms with van der Waals surface area (Å²) in [4.78, 5) is 20.4. The molecule has 2 aromatic heterocycles. The van der Waals surface area contributed by atoms with Gasteiger partial charge in [0.1, 0.15) is 17.5 Å². The molecule has 6 nitrogen and oxygen atoms in total. The first kappa shape index (κ1) is 16.2. The lowest BCUT2D eigenvalue weighted by atomic mass is 10.2. The lowest BCUT2D eigenvalue weighted by Gasteiger charge is -2.17. The summed E-state index contributed by atoms with van der Waals surface area (Å²) in [6, 6.07) is 3.23. The third-order valence-corrected chi connectivity index (χ3v) is 2.94. The van der Waals surface area contributed by atoms with Crippen LogP contribution in [0.25, 0.3) is 0 Å². The quantitative estimate of drug-likeness (QED) is 0.850. The Morgan fingerprint density at radius 1 is 1.32 bits per heavy atom. The minimum atomic E-state index is -0.357. The van der Waals surface area contributed by atoms with E-state index in [1.165, 1.54) is 6.20 Å². The minimum absolute atomic E-state index is 0.269. The van der Waals surface area contributed by atoms with E-state index < -0.39 is 0 Å². The van der Waals surface area contributed by atoms with Gasteiger partial charge in [0.2, 0.25) is 0 Å². The second kappa shape index (κ2) is 7.70. The van der Waals surface area contributed by atoms with E-state index in [2.05, 4.69) is 29.1 Å². The molecule has 0 aliphatic rings. The fourth-order valence-electron chi connectivity index (χ4n) is 1.85. The number of aromatic nitrogens is 2. The third-order valence-electron chi connectivity index (χ3n) is 2.94. The summed E-state index contributed by atoms with van der Waals surface area (Å²) in [7, 11) is 0. The van der Waals surface area contributed by atoms with Crippen molar-refractivity contribution in [1.29, 1.82) is 0 Å². The van der Waals surface area contributed by atoms with Crippen molar-refractivity contribution in [1.82, 2.24) is 15.3 Å². The molecule has 1 atom stereocenters.